The van der Waals surface area contributed by atoms with Gasteiger partial charge >= 0.3 is 0 Å². The molecule has 400 valence electrons. The highest BCUT2D eigenvalue weighted by Crippen LogP contribution is 2.57. The normalized spacial score (nSPS) is 12.1. The molecule has 0 amide bonds. The second kappa shape index (κ2) is 18.7. The first-order valence-electron chi connectivity index (χ1n) is 27.2. The van der Waals surface area contributed by atoms with Crippen LogP contribution < -0.4 is 50.5 Å². The van der Waals surface area contributed by atoms with Crippen LogP contribution in [0.15, 0.2) is 179 Å². The van der Waals surface area contributed by atoms with Crippen molar-refractivity contribution in [2.24, 2.45) is 0 Å². The molecular weight excluding hydrogens is 1020 g/mol. The summed E-state index contributed by atoms with van der Waals surface area (Å²) in [5.74, 6) is 3.86. The van der Waals surface area contributed by atoms with E-state index in [9.17, 15) is 0 Å². The number of fused-ring (bicyclic) bond motifs is 10. The van der Waals surface area contributed by atoms with Crippen LogP contribution in [0.1, 0.15) is 11.1 Å². The number of hydrogen-bond acceptors (Lipinski definition) is 12. The molecule has 0 aliphatic carbocycles. The molecule has 2 N–H and O–H groups in total. The summed E-state index contributed by atoms with van der Waals surface area (Å²) in [6.45, 7) is 1.33. The van der Waals surface area contributed by atoms with Gasteiger partial charge in [0.1, 0.15) is 57.3 Å². The molecule has 0 radical (unpaired) electrons. The number of imidazole rings is 2. The van der Waals surface area contributed by atoms with Crippen LogP contribution in [0.5, 0.6) is 46.0 Å². The van der Waals surface area contributed by atoms with Gasteiger partial charge < -0.3 is 39.4 Å². The predicted molar refractivity (Wildman–Crippen MR) is 330 cm³/mol. The Hall–Kier alpha value is -10.3. The minimum atomic E-state index is -0.272. The molecular formula is C68H52N8O6. The Labute approximate surface area is 468 Å². The minimum Gasteiger partial charge on any atom is -0.457 e. The number of benzene rings is 11. The molecule has 14 nitrogen and oxygen atoms in total. The van der Waals surface area contributed by atoms with Crippen molar-refractivity contribution >= 4 is 109 Å². The first-order chi connectivity index (χ1) is 40.0. The van der Waals surface area contributed by atoms with Crippen molar-refractivity contribution < 1.29 is 18.9 Å². The lowest BCUT2D eigenvalue weighted by molar-refractivity contribution is 0.483. The number of nitrogens with one attached hydrogen (secondary N) is 2. The van der Waals surface area contributed by atoms with Gasteiger partial charge in [0.25, 0.3) is 11.1 Å². The van der Waals surface area contributed by atoms with Gasteiger partial charge in [-0.25, -0.2) is 9.97 Å². The Morgan fingerprint density at radius 3 is 1.04 bits per heavy atom. The van der Waals surface area contributed by atoms with Gasteiger partial charge in [0.2, 0.25) is 0 Å². The van der Waals surface area contributed by atoms with Crippen LogP contribution in [0.3, 0.4) is 0 Å². The molecule has 15 rings (SSSR count). The average molecular weight is 1080 g/mol. The molecule has 0 unspecified atom stereocenters. The molecule has 0 fully saturated rings. The third kappa shape index (κ3) is 7.49. The van der Waals surface area contributed by atoms with Gasteiger partial charge in [0.05, 0.1) is 32.8 Å². The standard InChI is InChI=1S/C68H52N8O6/c1-69-35-37-15-23-41(24-16-37)79-53-31-45-57-47(67(77)75-51-13-9-7-11-49(51)71-65(45)75)33-55(81-43-27-19-39(20-28-43)73(3)4)61-62-56(82-44-29-21-40(22-30-44)74(5)6)34-48-58-46(66-72-50-12-8-10-14-52(50)76(66)68(48)78)32-54(60(64(58)62)59(53)63(57)61)80-42-25-17-38(18-26-42)36-70-2/h7-34,69-70H,35-36H2,1-6H3. The summed E-state index contributed by atoms with van der Waals surface area (Å²) in [7, 11) is 11.8. The van der Waals surface area contributed by atoms with E-state index in [0.29, 0.717) is 157 Å². The van der Waals surface area contributed by atoms with Gasteiger partial charge in [-0.3, -0.25) is 18.4 Å². The largest absolute Gasteiger partial charge is 0.457 e. The zero-order valence-electron chi connectivity index (χ0n) is 45.7. The van der Waals surface area contributed by atoms with Crippen LogP contribution in [0.4, 0.5) is 11.4 Å². The maximum Gasteiger partial charge on any atom is 0.264 e. The van der Waals surface area contributed by atoms with Crippen LogP contribution in [0.25, 0.3) is 98.0 Å². The van der Waals surface area contributed by atoms with Crippen LogP contribution in [0, 0.1) is 0 Å². The number of para-hydroxylation sites is 4. The molecule has 15 aromatic rings. The van der Waals surface area contributed by atoms with E-state index >= 15 is 9.59 Å². The van der Waals surface area contributed by atoms with Gasteiger partial charge in [-0.05, 0) is 147 Å². The molecule has 0 saturated heterocycles. The van der Waals surface area contributed by atoms with Crippen molar-refractivity contribution in [2.75, 3.05) is 52.1 Å². The number of aromatic nitrogens is 4. The molecule has 14 heteroatoms. The zero-order valence-corrected chi connectivity index (χ0v) is 45.7. The van der Waals surface area contributed by atoms with Crippen molar-refractivity contribution in [1.82, 2.24) is 29.4 Å². The summed E-state index contributed by atoms with van der Waals surface area (Å²) < 4.78 is 32.6. The lowest BCUT2D eigenvalue weighted by Crippen LogP contribution is -2.15. The Bertz CT molecular complexity index is 4830. The molecule has 82 heavy (non-hydrogen) atoms. The Kier molecular flexibility index (Phi) is 11.1. The molecule has 11 aromatic carbocycles. The van der Waals surface area contributed by atoms with Crippen LogP contribution in [-0.2, 0) is 13.1 Å². The van der Waals surface area contributed by atoms with E-state index in [4.69, 9.17) is 28.9 Å². The number of hydrogen-bond donors (Lipinski definition) is 2. The summed E-state index contributed by atoms with van der Waals surface area (Å²) in [4.78, 5) is 46.0. The Morgan fingerprint density at radius 2 is 0.707 bits per heavy atom. The van der Waals surface area contributed by atoms with E-state index in [0.717, 1.165) is 22.5 Å². The SMILES string of the molecule is CNCc1ccc(Oc2cc3c4c(cc(Oc5ccc(N(C)C)cc5)c5c6c(Oc7ccc(N(C)C)cc7)cc7c(=O)n8c9ccccc9nc8c8cc(Oc9ccc(CNC)cc9)c(c2c54)c6c78)c(=O)n2c4ccccc4nc32)cc1. The van der Waals surface area contributed by atoms with Gasteiger partial charge in [-0.1, -0.05) is 48.5 Å². The van der Waals surface area contributed by atoms with Crippen molar-refractivity contribution in [3.63, 3.8) is 0 Å². The summed E-state index contributed by atoms with van der Waals surface area (Å²) in [6.07, 6.45) is 0. The fourth-order valence-electron chi connectivity index (χ4n) is 12.1. The Balaban J connectivity index is 1.20. The molecule has 4 aromatic heterocycles. The third-order valence-electron chi connectivity index (χ3n) is 15.9. The molecule has 0 spiro atoms. The fraction of sp³-hybridized carbons (Fsp3) is 0.118. The molecule has 0 atom stereocenters. The summed E-state index contributed by atoms with van der Waals surface area (Å²) in [5.41, 5.74) is 7.16. The summed E-state index contributed by atoms with van der Waals surface area (Å²) in [6, 6.07) is 54.8. The maximum absolute atomic E-state index is 15.8. The van der Waals surface area contributed by atoms with Crippen LogP contribution in [0.2, 0.25) is 0 Å². The van der Waals surface area contributed by atoms with E-state index in [2.05, 4.69) is 10.6 Å². The minimum absolute atomic E-state index is 0.272. The topological polar surface area (TPSA) is 136 Å². The van der Waals surface area contributed by atoms with Crippen molar-refractivity contribution in [2.45, 2.75) is 13.1 Å². The molecule has 4 heterocycles. The van der Waals surface area contributed by atoms with Crippen LogP contribution in [-0.4, -0.2) is 61.1 Å². The van der Waals surface area contributed by atoms with E-state index in [-0.39, 0.29) is 11.1 Å². The summed E-state index contributed by atoms with van der Waals surface area (Å²) in [5, 5.41) is 13.7. The first-order valence-corrected chi connectivity index (χ1v) is 27.2. The molecule has 0 aliphatic heterocycles. The zero-order chi connectivity index (χ0) is 55.7. The molecule has 0 bridgehead atoms. The second-order valence-electron chi connectivity index (χ2n) is 21.4. The third-order valence-corrected chi connectivity index (χ3v) is 15.9. The highest BCUT2D eigenvalue weighted by Gasteiger charge is 2.33. The van der Waals surface area contributed by atoms with Crippen molar-refractivity contribution in [3.8, 4) is 46.0 Å². The van der Waals surface area contributed by atoms with E-state index in [1.165, 1.54) is 0 Å². The van der Waals surface area contributed by atoms with E-state index < -0.39 is 0 Å². The lowest BCUT2D eigenvalue weighted by atomic mass is 9.84. The predicted octanol–water partition coefficient (Wildman–Crippen LogP) is 14.0. The quantitative estimate of drug-likeness (QED) is 0.0792. The van der Waals surface area contributed by atoms with Crippen LogP contribution >= 0.6 is 0 Å². The number of nitrogens with zero attached hydrogens (tertiary/aromatic N) is 6. The smallest absolute Gasteiger partial charge is 0.264 e. The van der Waals surface area contributed by atoms with E-state index in [1.807, 2.05) is 222 Å². The van der Waals surface area contributed by atoms with Gasteiger partial charge in [-0.15, -0.1) is 0 Å². The number of rotatable bonds is 14. The van der Waals surface area contributed by atoms with Gasteiger partial charge in [-0.2, -0.15) is 0 Å². The first kappa shape index (κ1) is 48.8. The summed E-state index contributed by atoms with van der Waals surface area (Å²) >= 11 is 0. The van der Waals surface area contributed by atoms with Crippen molar-refractivity contribution in [1.29, 1.82) is 0 Å². The lowest BCUT2D eigenvalue weighted by Gasteiger charge is -2.25. The van der Waals surface area contributed by atoms with E-state index in [1.54, 1.807) is 8.80 Å². The number of ether oxygens (including phenoxy) is 4. The Morgan fingerprint density at radius 1 is 0.390 bits per heavy atom. The van der Waals surface area contributed by atoms with Gasteiger partial charge in [0.15, 0.2) is 0 Å². The number of pyridine rings is 2. The molecule has 0 aliphatic rings. The highest BCUT2D eigenvalue weighted by molar-refractivity contribution is 6.45. The monoisotopic (exact) mass is 1080 g/mol. The number of anilines is 2. The maximum atomic E-state index is 15.8. The second-order valence-corrected chi connectivity index (χ2v) is 21.4. The van der Waals surface area contributed by atoms with Gasteiger partial charge in [0, 0.05) is 107 Å². The average Bonchev–Trinajstić information content (AvgIpc) is 2.82. The highest BCUT2D eigenvalue weighted by atomic mass is 16.5. The molecule has 0 saturated carbocycles. The van der Waals surface area contributed by atoms with Crippen molar-refractivity contribution in [3.05, 3.63) is 202 Å². The fourth-order valence-corrected chi connectivity index (χ4v) is 12.1.